The molecule has 2 heteroatoms. The SMILES string of the molecule is CC(C)(O)Cc1cccc2c1CNC2. The fraction of sp³-hybridized carbons (Fsp3) is 0.500. The molecule has 1 aromatic rings. The Hall–Kier alpha value is -0.860. The Kier molecular flexibility index (Phi) is 2.33. The van der Waals surface area contributed by atoms with E-state index in [1.165, 1.54) is 16.7 Å². The van der Waals surface area contributed by atoms with Gasteiger partial charge < -0.3 is 10.4 Å². The minimum atomic E-state index is -0.613. The molecular weight excluding hydrogens is 174 g/mol. The Morgan fingerprint density at radius 3 is 2.86 bits per heavy atom. The van der Waals surface area contributed by atoms with E-state index in [1.807, 2.05) is 13.8 Å². The number of hydrogen-bond acceptors (Lipinski definition) is 2. The molecule has 76 valence electrons. The second-order valence-electron chi connectivity index (χ2n) is 4.65. The number of nitrogens with one attached hydrogen (secondary N) is 1. The van der Waals surface area contributed by atoms with Gasteiger partial charge in [-0.15, -0.1) is 0 Å². The molecule has 0 saturated heterocycles. The Labute approximate surface area is 85.0 Å². The van der Waals surface area contributed by atoms with Gasteiger partial charge in [-0.05, 0) is 30.5 Å². The molecule has 1 aliphatic heterocycles. The summed E-state index contributed by atoms with van der Waals surface area (Å²) in [5.74, 6) is 0. The summed E-state index contributed by atoms with van der Waals surface area (Å²) in [7, 11) is 0. The predicted octanol–water partition coefficient (Wildman–Crippen LogP) is 1.60. The van der Waals surface area contributed by atoms with Crippen molar-refractivity contribution in [3.05, 3.63) is 34.9 Å². The number of rotatable bonds is 2. The summed E-state index contributed by atoms with van der Waals surface area (Å²) < 4.78 is 0. The van der Waals surface area contributed by atoms with Crippen molar-refractivity contribution in [3.8, 4) is 0 Å². The quantitative estimate of drug-likeness (QED) is 0.744. The van der Waals surface area contributed by atoms with E-state index in [-0.39, 0.29) is 0 Å². The van der Waals surface area contributed by atoms with Crippen LogP contribution in [-0.4, -0.2) is 10.7 Å². The maximum absolute atomic E-state index is 9.78. The molecule has 1 aliphatic rings. The minimum Gasteiger partial charge on any atom is -0.390 e. The van der Waals surface area contributed by atoms with Gasteiger partial charge in [0.2, 0.25) is 0 Å². The van der Waals surface area contributed by atoms with Crippen molar-refractivity contribution >= 4 is 0 Å². The molecule has 0 atom stereocenters. The average Bonchev–Trinajstić information content (AvgIpc) is 2.49. The first-order valence-corrected chi connectivity index (χ1v) is 5.09. The highest BCUT2D eigenvalue weighted by Crippen LogP contribution is 2.23. The molecule has 0 unspecified atom stereocenters. The summed E-state index contributed by atoms with van der Waals surface area (Å²) in [5.41, 5.74) is 3.43. The van der Waals surface area contributed by atoms with Gasteiger partial charge in [0.25, 0.3) is 0 Å². The van der Waals surface area contributed by atoms with Crippen molar-refractivity contribution in [1.82, 2.24) is 5.32 Å². The van der Waals surface area contributed by atoms with Gasteiger partial charge in [0.05, 0.1) is 5.60 Å². The second kappa shape index (κ2) is 3.37. The Balaban J connectivity index is 2.31. The molecule has 0 fully saturated rings. The Morgan fingerprint density at radius 2 is 2.14 bits per heavy atom. The molecular formula is C12H17NO. The molecule has 0 bridgehead atoms. The van der Waals surface area contributed by atoms with Crippen molar-refractivity contribution < 1.29 is 5.11 Å². The molecule has 0 spiro atoms. The van der Waals surface area contributed by atoms with Crippen molar-refractivity contribution in [2.24, 2.45) is 0 Å². The van der Waals surface area contributed by atoms with E-state index in [2.05, 4.69) is 23.5 Å². The van der Waals surface area contributed by atoms with E-state index >= 15 is 0 Å². The second-order valence-corrected chi connectivity index (χ2v) is 4.65. The number of hydrogen-bond donors (Lipinski definition) is 2. The van der Waals surface area contributed by atoms with Gasteiger partial charge in [0.1, 0.15) is 0 Å². The molecule has 2 nitrogen and oxygen atoms in total. The first-order chi connectivity index (χ1) is 6.56. The van der Waals surface area contributed by atoms with Crippen LogP contribution in [0.4, 0.5) is 0 Å². The van der Waals surface area contributed by atoms with E-state index < -0.39 is 5.60 Å². The van der Waals surface area contributed by atoms with Gasteiger partial charge in [-0.1, -0.05) is 18.2 Å². The standard InChI is InChI=1S/C12H17NO/c1-12(2,14)6-9-4-3-5-10-7-13-8-11(9)10/h3-5,13-14H,6-8H2,1-2H3. The summed E-state index contributed by atoms with van der Waals surface area (Å²) in [6, 6.07) is 6.35. The van der Waals surface area contributed by atoms with Gasteiger partial charge >= 0.3 is 0 Å². The first-order valence-electron chi connectivity index (χ1n) is 5.09. The molecule has 1 aromatic carbocycles. The smallest absolute Gasteiger partial charge is 0.0632 e. The van der Waals surface area contributed by atoms with Crippen LogP contribution in [0.1, 0.15) is 30.5 Å². The molecule has 2 N–H and O–H groups in total. The van der Waals surface area contributed by atoms with Crippen molar-refractivity contribution in [2.75, 3.05) is 0 Å². The van der Waals surface area contributed by atoms with Crippen LogP contribution in [0.3, 0.4) is 0 Å². The lowest BCUT2D eigenvalue weighted by Crippen LogP contribution is -2.22. The summed E-state index contributed by atoms with van der Waals surface area (Å²) in [5, 5.41) is 13.1. The number of fused-ring (bicyclic) bond motifs is 1. The molecule has 0 aliphatic carbocycles. The zero-order valence-corrected chi connectivity index (χ0v) is 8.80. The molecule has 2 rings (SSSR count). The highest BCUT2D eigenvalue weighted by Gasteiger charge is 2.19. The normalized spacial score (nSPS) is 15.6. The van der Waals surface area contributed by atoms with Gasteiger partial charge in [-0.2, -0.15) is 0 Å². The number of aliphatic hydroxyl groups is 1. The van der Waals surface area contributed by atoms with Crippen LogP contribution in [-0.2, 0) is 19.5 Å². The van der Waals surface area contributed by atoms with Crippen molar-refractivity contribution in [3.63, 3.8) is 0 Å². The summed E-state index contributed by atoms with van der Waals surface area (Å²) in [6.45, 7) is 5.63. The number of benzene rings is 1. The van der Waals surface area contributed by atoms with E-state index in [1.54, 1.807) is 0 Å². The molecule has 0 aromatic heterocycles. The third kappa shape index (κ3) is 1.97. The fourth-order valence-corrected chi connectivity index (χ4v) is 2.03. The lowest BCUT2D eigenvalue weighted by Gasteiger charge is -2.18. The van der Waals surface area contributed by atoms with Crippen LogP contribution in [0.2, 0.25) is 0 Å². The van der Waals surface area contributed by atoms with Crippen LogP contribution in [0.25, 0.3) is 0 Å². The van der Waals surface area contributed by atoms with E-state index in [0.29, 0.717) is 0 Å². The lowest BCUT2D eigenvalue weighted by atomic mass is 9.93. The lowest BCUT2D eigenvalue weighted by molar-refractivity contribution is 0.0808. The average molecular weight is 191 g/mol. The maximum Gasteiger partial charge on any atom is 0.0632 e. The zero-order valence-electron chi connectivity index (χ0n) is 8.80. The summed E-state index contributed by atoms with van der Waals surface area (Å²) >= 11 is 0. The van der Waals surface area contributed by atoms with Gasteiger partial charge in [-0.25, -0.2) is 0 Å². The predicted molar refractivity (Wildman–Crippen MR) is 57.0 cm³/mol. The van der Waals surface area contributed by atoms with Gasteiger partial charge in [0, 0.05) is 19.5 Å². The van der Waals surface area contributed by atoms with Crippen LogP contribution in [0, 0.1) is 0 Å². The maximum atomic E-state index is 9.78. The van der Waals surface area contributed by atoms with Crippen LogP contribution >= 0.6 is 0 Å². The topological polar surface area (TPSA) is 32.3 Å². The largest absolute Gasteiger partial charge is 0.390 e. The van der Waals surface area contributed by atoms with E-state index in [9.17, 15) is 5.11 Å². The monoisotopic (exact) mass is 191 g/mol. The zero-order chi connectivity index (χ0) is 10.2. The third-order valence-corrected chi connectivity index (χ3v) is 2.61. The van der Waals surface area contributed by atoms with Crippen LogP contribution in [0.5, 0.6) is 0 Å². The van der Waals surface area contributed by atoms with Crippen LogP contribution in [0.15, 0.2) is 18.2 Å². The third-order valence-electron chi connectivity index (χ3n) is 2.61. The molecule has 14 heavy (non-hydrogen) atoms. The molecule has 0 amide bonds. The van der Waals surface area contributed by atoms with Crippen LogP contribution < -0.4 is 5.32 Å². The van der Waals surface area contributed by atoms with Gasteiger partial charge in [0.15, 0.2) is 0 Å². The molecule has 0 saturated carbocycles. The summed E-state index contributed by atoms with van der Waals surface area (Å²) in [6.07, 6.45) is 0.734. The van der Waals surface area contributed by atoms with Gasteiger partial charge in [-0.3, -0.25) is 0 Å². The van der Waals surface area contributed by atoms with E-state index in [4.69, 9.17) is 0 Å². The van der Waals surface area contributed by atoms with Crippen molar-refractivity contribution in [1.29, 1.82) is 0 Å². The highest BCUT2D eigenvalue weighted by atomic mass is 16.3. The first kappa shape index (κ1) is 9.69. The van der Waals surface area contributed by atoms with Crippen molar-refractivity contribution in [2.45, 2.75) is 39.0 Å². The molecule has 1 heterocycles. The fourth-order valence-electron chi connectivity index (χ4n) is 2.03. The summed E-state index contributed by atoms with van der Waals surface area (Å²) in [4.78, 5) is 0. The molecule has 0 radical (unpaired) electrons. The minimum absolute atomic E-state index is 0.613. The Morgan fingerprint density at radius 1 is 1.36 bits per heavy atom. The Bertz CT molecular complexity index is 339. The van der Waals surface area contributed by atoms with E-state index in [0.717, 1.165) is 19.5 Å². The highest BCUT2D eigenvalue weighted by molar-refractivity contribution is 5.38.